The maximum absolute atomic E-state index is 12.9. The Bertz CT molecular complexity index is 1500. The number of carbonyl (C=O) groups is 2. The van der Waals surface area contributed by atoms with Gasteiger partial charge in [-0.25, -0.2) is 9.48 Å². The molecule has 0 saturated heterocycles. The molecule has 36 heavy (non-hydrogen) atoms. The molecule has 3 aromatic carbocycles. The van der Waals surface area contributed by atoms with Crippen LogP contribution in [0.15, 0.2) is 66.7 Å². The predicted molar refractivity (Wildman–Crippen MR) is 141 cm³/mol. The molecule has 0 aliphatic carbocycles. The summed E-state index contributed by atoms with van der Waals surface area (Å²) in [5, 5.41) is 8.25. The van der Waals surface area contributed by atoms with E-state index in [0.717, 1.165) is 0 Å². The number of benzene rings is 3. The fourth-order valence-corrected chi connectivity index (χ4v) is 4.31. The van der Waals surface area contributed by atoms with Gasteiger partial charge in [0.15, 0.2) is 5.82 Å². The number of hydrogen-bond acceptors (Lipinski definition) is 6. The molecule has 0 saturated carbocycles. The average molecular weight is 543 g/mol. The van der Waals surface area contributed by atoms with Gasteiger partial charge in [0.25, 0.3) is 0 Å². The van der Waals surface area contributed by atoms with Crippen molar-refractivity contribution in [2.75, 3.05) is 19.5 Å². The minimum Gasteiger partial charge on any atom is -0.495 e. The van der Waals surface area contributed by atoms with Crippen molar-refractivity contribution >= 4 is 53.0 Å². The Morgan fingerprint density at radius 2 is 1.75 bits per heavy atom. The number of rotatable bonds is 7. The first-order valence-electron chi connectivity index (χ1n) is 10.6. The van der Waals surface area contributed by atoms with Crippen LogP contribution in [0.5, 0.6) is 5.75 Å². The highest BCUT2D eigenvalue weighted by Gasteiger charge is 2.20. The van der Waals surface area contributed by atoms with Gasteiger partial charge in [-0.3, -0.25) is 9.36 Å². The van der Waals surface area contributed by atoms with Gasteiger partial charge in [-0.1, -0.05) is 35.3 Å². The molecule has 0 atom stereocenters. The molecule has 0 spiro atoms. The van der Waals surface area contributed by atoms with E-state index in [4.69, 9.17) is 40.2 Å². The van der Waals surface area contributed by atoms with E-state index in [2.05, 4.69) is 15.2 Å². The van der Waals surface area contributed by atoms with E-state index in [-0.39, 0.29) is 17.2 Å². The molecule has 8 nitrogen and oxygen atoms in total. The lowest BCUT2D eigenvalue weighted by Crippen LogP contribution is -2.20. The molecule has 0 aliphatic heterocycles. The molecule has 0 aliphatic rings. The van der Waals surface area contributed by atoms with Crippen molar-refractivity contribution in [3.8, 4) is 22.8 Å². The molecule has 4 rings (SSSR count). The van der Waals surface area contributed by atoms with Gasteiger partial charge in [-0.05, 0) is 66.8 Å². The first-order valence-corrected chi connectivity index (χ1v) is 11.8. The quantitative estimate of drug-likeness (QED) is 0.234. The molecular weight excluding hydrogens is 523 g/mol. The van der Waals surface area contributed by atoms with Crippen molar-refractivity contribution in [2.45, 2.75) is 6.54 Å². The highest BCUT2D eigenvalue weighted by Crippen LogP contribution is 2.33. The van der Waals surface area contributed by atoms with Crippen molar-refractivity contribution in [1.82, 2.24) is 14.3 Å². The van der Waals surface area contributed by atoms with E-state index in [1.165, 1.54) is 11.8 Å². The van der Waals surface area contributed by atoms with Gasteiger partial charge in [-0.15, -0.1) is 0 Å². The molecule has 0 fully saturated rings. The molecule has 1 aromatic heterocycles. The summed E-state index contributed by atoms with van der Waals surface area (Å²) in [6.07, 6.45) is 0. The number of methoxy groups -OCH3 is 2. The minimum atomic E-state index is -0.463. The predicted octanol–water partition coefficient (Wildman–Crippen LogP) is 5.81. The van der Waals surface area contributed by atoms with E-state index in [1.54, 1.807) is 60.2 Å². The molecule has 0 radical (unpaired) electrons. The summed E-state index contributed by atoms with van der Waals surface area (Å²) in [5.41, 5.74) is 2.09. The first-order chi connectivity index (χ1) is 17.3. The van der Waals surface area contributed by atoms with Crippen LogP contribution in [0, 0.1) is 4.77 Å². The molecule has 11 heteroatoms. The smallest absolute Gasteiger partial charge is 0.337 e. The van der Waals surface area contributed by atoms with Crippen molar-refractivity contribution in [2.24, 2.45) is 0 Å². The van der Waals surface area contributed by atoms with E-state index < -0.39 is 5.97 Å². The van der Waals surface area contributed by atoms with E-state index in [0.29, 0.717) is 44.1 Å². The van der Waals surface area contributed by atoms with Crippen LogP contribution in [0.25, 0.3) is 17.1 Å². The number of ether oxygens (including phenoxy) is 2. The molecule has 0 bridgehead atoms. The number of anilines is 1. The number of esters is 1. The van der Waals surface area contributed by atoms with Gasteiger partial charge in [0.1, 0.15) is 12.3 Å². The van der Waals surface area contributed by atoms with Crippen molar-refractivity contribution in [3.63, 3.8) is 0 Å². The lowest BCUT2D eigenvalue weighted by Gasteiger charge is -2.12. The fraction of sp³-hybridized carbons (Fsp3) is 0.120. The molecule has 0 unspecified atom stereocenters. The van der Waals surface area contributed by atoms with Crippen LogP contribution in [-0.2, 0) is 16.1 Å². The number of hydrogen-bond donors (Lipinski definition) is 1. The highest BCUT2D eigenvalue weighted by molar-refractivity contribution is 7.71. The summed E-state index contributed by atoms with van der Waals surface area (Å²) in [5.74, 6) is 0.154. The normalized spacial score (nSPS) is 10.7. The zero-order valence-electron chi connectivity index (χ0n) is 19.2. The number of amides is 1. The standard InChI is InChI=1S/C25H20Cl2N4O4S/c1-34-21-6-4-3-5-20(21)31-23(18-12-9-16(26)13-19(18)27)29-30(25(31)36)14-22(32)28-17-10-7-15(8-11-17)24(33)35-2/h3-13H,14H2,1-2H3,(H,28,32). The Balaban J connectivity index is 1.71. The van der Waals surface area contributed by atoms with Crippen LogP contribution < -0.4 is 10.1 Å². The number of nitrogens with one attached hydrogen (secondary N) is 1. The first kappa shape index (κ1) is 25.4. The third kappa shape index (κ3) is 5.28. The van der Waals surface area contributed by atoms with Crippen LogP contribution in [-0.4, -0.2) is 40.4 Å². The second kappa shape index (κ2) is 10.9. The fourth-order valence-electron chi connectivity index (χ4n) is 3.53. The molecule has 1 N–H and O–H groups in total. The van der Waals surface area contributed by atoms with Crippen LogP contribution in [0.1, 0.15) is 10.4 Å². The van der Waals surface area contributed by atoms with Crippen LogP contribution >= 0.6 is 35.4 Å². The Hall–Kier alpha value is -3.66. The summed E-state index contributed by atoms with van der Waals surface area (Å²) in [4.78, 5) is 24.5. The Labute approximate surface area is 222 Å². The van der Waals surface area contributed by atoms with Crippen molar-refractivity contribution in [1.29, 1.82) is 0 Å². The third-order valence-corrected chi connectivity index (χ3v) is 6.16. The van der Waals surface area contributed by atoms with Crippen molar-refractivity contribution < 1.29 is 19.1 Å². The maximum atomic E-state index is 12.9. The summed E-state index contributed by atoms with van der Waals surface area (Å²) in [7, 11) is 2.86. The average Bonchev–Trinajstić information content (AvgIpc) is 3.18. The Morgan fingerprint density at radius 3 is 2.42 bits per heavy atom. The molecule has 1 heterocycles. The second-order valence-corrected chi connectivity index (χ2v) is 8.72. The van der Waals surface area contributed by atoms with Crippen LogP contribution in [0.2, 0.25) is 10.0 Å². The van der Waals surface area contributed by atoms with Gasteiger partial charge >= 0.3 is 5.97 Å². The summed E-state index contributed by atoms with van der Waals surface area (Å²) >= 11 is 18.3. The van der Waals surface area contributed by atoms with Gasteiger partial charge in [-0.2, -0.15) is 5.10 Å². The molecule has 1 amide bonds. The zero-order valence-corrected chi connectivity index (χ0v) is 21.5. The third-order valence-electron chi connectivity index (χ3n) is 5.22. The number of para-hydroxylation sites is 2. The number of aromatic nitrogens is 3. The Morgan fingerprint density at radius 1 is 1.03 bits per heavy atom. The summed E-state index contributed by atoms with van der Waals surface area (Å²) in [6.45, 7) is -0.169. The number of halogens is 2. The van der Waals surface area contributed by atoms with Gasteiger partial charge in [0, 0.05) is 16.3 Å². The van der Waals surface area contributed by atoms with Gasteiger partial charge in [0.05, 0.1) is 30.5 Å². The monoisotopic (exact) mass is 542 g/mol. The van der Waals surface area contributed by atoms with Crippen LogP contribution in [0.4, 0.5) is 5.69 Å². The van der Waals surface area contributed by atoms with E-state index in [9.17, 15) is 9.59 Å². The molecule has 184 valence electrons. The summed E-state index contributed by atoms with van der Waals surface area (Å²) in [6, 6.07) is 18.7. The zero-order chi connectivity index (χ0) is 25.8. The van der Waals surface area contributed by atoms with Crippen molar-refractivity contribution in [3.05, 3.63) is 87.1 Å². The molecular formula is C25H20Cl2N4O4S. The molecule has 4 aromatic rings. The van der Waals surface area contributed by atoms with Crippen LogP contribution in [0.3, 0.4) is 0 Å². The van der Waals surface area contributed by atoms with E-state index in [1.807, 2.05) is 18.2 Å². The lowest BCUT2D eigenvalue weighted by atomic mass is 10.2. The van der Waals surface area contributed by atoms with E-state index >= 15 is 0 Å². The highest BCUT2D eigenvalue weighted by atomic mass is 35.5. The second-order valence-electron chi connectivity index (χ2n) is 7.51. The topological polar surface area (TPSA) is 87.4 Å². The lowest BCUT2D eigenvalue weighted by molar-refractivity contribution is -0.116. The minimum absolute atomic E-state index is 0.169. The summed E-state index contributed by atoms with van der Waals surface area (Å²) < 4.78 is 13.6. The number of nitrogens with zero attached hydrogens (tertiary/aromatic N) is 3. The van der Waals surface area contributed by atoms with Gasteiger partial charge in [0.2, 0.25) is 10.7 Å². The van der Waals surface area contributed by atoms with Gasteiger partial charge < -0.3 is 14.8 Å². The SMILES string of the molecule is COC(=O)c1ccc(NC(=O)Cn2nc(-c3ccc(Cl)cc3Cl)n(-c3ccccc3OC)c2=S)cc1. The number of carbonyl (C=O) groups excluding carboxylic acids is 2. The largest absolute Gasteiger partial charge is 0.495 e. The maximum Gasteiger partial charge on any atom is 0.337 e. The Kier molecular flexibility index (Phi) is 7.73.